The van der Waals surface area contributed by atoms with E-state index in [9.17, 15) is 4.79 Å². The number of hydrogen-bond acceptors (Lipinski definition) is 6. The van der Waals surface area contributed by atoms with Gasteiger partial charge in [-0.05, 0) is 31.2 Å². The van der Waals surface area contributed by atoms with Gasteiger partial charge in [0, 0.05) is 17.0 Å². The normalized spacial score (nSPS) is 11.0. The summed E-state index contributed by atoms with van der Waals surface area (Å²) < 4.78 is 10.5. The highest BCUT2D eigenvalue weighted by Crippen LogP contribution is 2.31. The average molecular weight is 408 g/mol. The molecular weight excluding hydrogens is 388 g/mol. The quantitative estimate of drug-likeness (QED) is 0.368. The molecule has 4 aromatic rings. The molecule has 0 spiro atoms. The summed E-state index contributed by atoms with van der Waals surface area (Å²) in [6.45, 7) is 2.05. The molecule has 0 aliphatic carbocycles. The summed E-state index contributed by atoms with van der Waals surface area (Å²) >= 11 is 1.36. The Kier molecular flexibility index (Phi) is 5.26. The summed E-state index contributed by atoms with van der Waals surface area (Å²) in [6.07, 6.45) is 1.53. The van der Waals surface area contributed by atoms with Crippen LogP contribution in [0.15, 0.2) is 47.8 Å². The SMILES string of the molecule is COc1ccc(NC(=O)CSc2ncnc3c2[nH]c2ccc(C)cc23)c(OC)c1. The number of nitrogens with one attached hydrogen (secondary N) is 2. The van der Waals surface area contributed by atoms with Crippen LogP contribution in [0.5, 0.6) is 11.5 Å². The molecule has 2 aromatic carbocycles. The molecule has 2 heterocycles. The molecule has 1 amide bonds. The molecule has 2 N–H and O–H groups in total. The number of rotatable bonds is 6. The van der Waals surface area contributed by atoms with Crippen molar-refractivity contribution < 1.29 is 14.3 Å². The highest BCUT2D eigenvalue weighted by molar-refractivity contribution is 8.00. The number of anilines is 1. The minimum atomic E-state index is -0.155. The lowest BCUT2D eigenvalue weighted by Gasteiger charge is -2.11. The van der Waals surface area contributed by atoms with Gasteiger partial charge in [0.25, 0.3) is 0 Å². The number of aryl methyl sites for hydroxylation is 1. The lowest BCUT2D eigenvalue weighted by atomic mass is 10.2. The van der Waals surface area contributed by atoms with Crippen LogP contribution in [0.25, 0.3) is 21.9 Å². The lowest BCUT2D eigenvalue weighted by Crippen LogP contribution is -2.14. The molecule has 0 aliphatic heterocycles. The van der Waals surface area contributed by atoms with Crippen molar-refractivity contribution in [2.75, 3.05) is 25.3 Å². The van der Waals surface area contributed by atoms with Gasteiger partial charge in [0.2, 0.25) is 5.91 Å². The van der Waals surface area contributed by atoms with Gasteiger partial charge in [0.05, 0.1) is 31.2 Å². The van der Waals surface area contributed by atoms with Crippen molar-refractivity contribution in [3.05, 3.63) is 48.3 Å². The second-order valence-electron chi connectivity index (χ2n) is 6.48. The molecule has 0 bridgehead atoms. The molecule has 0 fully saturated rings. The standard InChI is InChI=1S/C21H20N4O3S/c1-12-4-6-15-14(8-12)19-20(25-15)21(23-11-22-19)29-10-18(26)24-16-7-5-13(27-2)9-17(16)28-3/h4-9,11,25H,10H2,1-3H3,(H,24,26). The van der Waals surface area contributed by atoms with E-state index >= 15 is 0 Å². The minimum Gasteiger partial charge on any atom is -0.497 e. The Labute approximate surface area is 171 Å². The van der Waals surface area contributed by atoms with Gasteiger partial charge in [-0.2, -0.15) is 0 Å². The van der Waals surface area contributed by atoms with Crippen LogP contribution in [-0.4, -0.2) is 40.8 Å². The van der Waals surface area contributed by atoms with Crippen molar-refractivity contribution in [3.8, 4) is 11.5 Å². The Hall–Kier alpha value is -3.26. The molecule has 2 aromatic heterocycles. The Morgan fingerprint density at radius 3 is 2.79 bits per heavy atom. The molecular formula is C21H20N4O3S. The van der Waals surface area contributed by atoms with E-state index in [0.717, 1.165) is 27.0 Å². The van der Waals surface area contributed by atoms with Crippen LogP contribution in [0.4, 0.5) is 5.69 Å². The Balaban J connectivity index is 1.52. The van der Waals surface area contributed by atoms with Gasteiger partial charge in [-0.3, -0.25) is 4.79 Å². The van der Waals surface area contributed by atoms with Gasteiger partial charge in [-0.1, -0.05) is 23.4 Å². The fourth-order valence-corrected chi connectivity index (χ4v) is 3.87. The number of nitrogens with zero attached hydrogens (tertiary/aromatic N) is 2. The number of amides is 1. The molecule has 0 saturated carbocycles. The lowest BCUT2D eigenvalue weighted by molar-refractivity contribution is -0.113. The Bertz CT molecular complexity index is 1210. The number of fused-ring (bicyclic) bond motifs is 3. The average Bonchev–Trinajstić information content (AvgIpc) is 3.11. The van der Waals surface area contributed by atoms with Gasteiger partial charge < -0.3 is 19.8 Å². The molecule has 0 unspecified atom stereocenters. The zero-order valence-corrected chi connectivity index (χ0v) is 17.1. The number of methoxy groups -OCH3 is 2. The van der Waals surface area contributed by atoms with E-state index in [4.69, 9.17) is 9.47 Å². The number of ether oxygens (including phenoxy) is 2. The van der Waals surface area contributed by atoms with Crippen LogP contribution < -0.4 is 14.8 Å². The van der Waals surface area contributed by atoms with Gasteiger partial charge in [0.15, 0.2) is 0 Å². The first kappa shape index (κ1) is 19.1. The first-order valence-corrected chi connectivity index (χ1v) is 9.95. The third kappa shape index (κ3) is 3.84. The van der Waals surface area contributed by atoms with Crippen LogP contribution in [0, 0.1) is 6.92 Å². The molecule has 0 radical (unpaired) electrons. The molecule has 0 saturated heterocycles. The van der Waals surface area contributed by atoms with Crippen LogP contribution >= 0.6 is 11.8 Å². The van der Waals surface area contributed by atoms with E-state index in [0.29, 0.717) is 17.2 Å². The molecule has 8 heteroatoms. The number of hydrogen-bond donors (Lipinski definition) is 2. The number of aromatic amines is 1. The predicted octanol–water partition coefficient (Wildman–Crippen LogP) is 4.17. The second-order valence-corrected chi connectivity index (χ2v) is 7.44. The van der Waals surface area contributed by atoms with Gasteiger partial charge in [-0.25, -0.2) is 9.97 Å². The number of H-pyrrole nitrogens is 1. The van der Waals surface area contributed by atoms with Crippen molar-refractivity contribution >= 4 is 45.3 Å². The number of thioether (sulfide) groups is 1. The summed E-state index contributed by atoms with van der Waals surface area (Å²) in [5.74, 6) is 1.25. The maximum atomic E-state index is 12.5. The zero-order chi connectivity index (χ0) is 20.4. The fourth-order valence-electron chi connectivity index (χ4n) is 3.12. The van der Waals surface area contributed by atoms with Gasteiger partial charge in [-0.15, -0.1) is 0 Å². The minimum absolute atomic E-state index is 0.155. The molecule has 7 nitrogen and oxygen atoms in total. The van der Waals surface area contributed by atoms with E-state index in [1.54, 1.807) is 32.4 Å². The van der Waals surface area contributed by atoms with Crippen LogP contribution in [-0.2, 0) is 4.79 Å². The third-order valence-electron chi connectivity index (χ3n) is 4.53. The van der Waals surface area contributed by atoms with Crippen LogP contribution in [0.3, 0.4) is 0 Å². The number of benzene rings is 2. The topological polar surface area (TPSA) is 89.1 Å². The van der Waals surface area contributed by atoms with Crippen LogP contribution in [0.1, 0.15) is 5.56 Å². The molecule has 148 valence electrons. The highest BCUT2D eigenvalue weighted by atomic mass is 32.2. The van der Waals surface area contributed by atoms with Crippen molar-refractivity contribution in [3.63, 3.8) is 0 Å². The van der Waals surface area contributed by atoms with Crippen molar-refractivity contribution in [2.45, 2.75) is 11.9 Å². The maximum absolute atomic E-state index is 12.5. The van der Waals surface area contributed by atoms with Gasteiger partial charge >= 0.3 is 0 Å². The zero-order valence-electron chi connectivity index (χ0n) is 16.3. The van der Waals surface area contributed by atoms with Crippen molar-refractivity contribution in [2.24, 2.45) is 0 Å². The summed E-state index contributed by atoms with van der Waals surface area (Å²) in [4.78, 5) is 24.6. The number of aromatic nitrogens is 3. The largest absolute Gasteiger partial charge is 0.497 e. The van der Waals surface area contributed by atoms with Gasteiger partial charge in [0.1, 0.15) is 28.4 Å². The third-order valence-corrected chi connectivity index (χ3v) is 5.51. The number of carbonyl (C=O) groups excluding carboxylic acids is 1. The Morgan fingerprint density at radius 1 is 1.14 bits per heavy atom. The fraction of sp³-hybridized carbons (Fsp3) is 0.190. The van der Waals surface area contributed by atoms with Crippen LogP contribution in [0.2, 0.25) is 0 Å². The van der Waals surface area contributed by atoms with E-state index in [-0.39, 0.29) is 11.7 Å². The predicted molar refractivity (Wildman–Crippen MR) is 115 cm³/mol. The van der Waals surface area contributed by atoms with E-state index in [2.05, 4.69) is 26.3 Å². The van der Waals surface area contributed by atoms with E-state index in [1.165, 1.54) is 23.7 Å². The maximum Gasteiger partial charge on any atom is 0.234 e. The molecule has 29 heavy (non-hydrogen) atoms. The molecule has 0 aliphatic rings. The summed E-state index contributed by atoms with van der Waals surface area (Å²) in [7, 11) is 3.13. The smallest absolute Gasteiger partial charge is 0.234 e. The Morgan fingerprint density at radius 2 is 2.00 bits per heavy atom. The molecule has 0 atom stereocenters. The number of carbonyl (C=O) groups is 1. The molecule has 4 rings (SSSR count). The van der Waals surface area contributed by atoms with Crippen molar-refractivity contribution in [1.29, 1.82) is 0 Å². The summed E-state index contributed by atoms with van der Waals surface area (Å²) in [6, 6.07) is 11.4. The highest BCUT2D eigenvalue weighted by Gasteiger charge is 2.14. The second kappa shape index (κ2) is 8.00. The summed E-state index contributed by atoms with van der Waals surface area (Å²) in [5.41, 5.74) is 4.46. The van der Waals surface area contributed by atoms with E-state index in [1.807, 2.05) is 19.1 Å². The monoisotopic (exact) mass is 408 g/mol. The summed E-state index contributed by atoms with van der Waals surface area (Å²) in [5, 5.41) is 4.66. The van der Waals surface area contributed by atoms with Crippen molar-refractivity contribution in [1.82, 2.24) is 15.0 Å². The first-order valence-electron chi connectivity index (χ1n) is 8.96. The van der Waals surface area contributed by atoms with E-state index < -0.39 is 0 Å². The first-order chi connectivity index (χ1) is 14.1.